The molecule has 2 aromatic carbocycles. The van der Waals surface area contributed by atoms with E-state index in [0.717, 1.165) is 12.1 Å². The Morgan fingerprint density at radius 2 is 1.52 bits per heavy atom. The van der Waals surface area contributed by atoms with E-state index >= 15 is 0 Å². The number of aromatic nitrogens is 1. The van der Waals surface area contributed by atoms with E-state index in [4.69, 9.17) is 4.98 Å². The summed E-state index contributed by atoms with van der Waals surface area (Å²) in [5.74, 6) is 7.20. The summed E-state index contributed by atoms with van der Waals surface area (Å²) in [7, 11) is 0. The van der Waals surface area contributed by atoms with Gasteiger partial charge in [0, 0.05) is 0 Å². The zero-order valence-electron chi connectivity index (χ0n) is 14.1. The molecule has 0 amide bonds. The summed E-state index contributed by atoms with van der Waals surface area (Å²) in [6.45, 7) is 0. The van der Waals surface area contributed by atoms with Crippen molar-refractivity contribution >= 4 is 17.7 Å². The van der Waals surface area contributed by atoms with Gasteiger partial charge < -0.3 is 0 Å². The molecular weight excluding hydrogens is 339 g/mol. The van der Waals surface area contributed by atoms with Gasteiger partial charge in [0.05, 0.1) is 0 Å². The second-order valence-electron chi connectivity index (χ2n) is 7.04. The van der Waals surface area contributed by atoms with Gasteiger partial charge in [-0.2, -0.15) is 0 Å². The van der Waals surface area contributed by atoms with Gasteiger partial charge in [-0.15, -0.1) is 0 Å². The van der Waals surface area contributed by atoms with Crippen molar-refractivity contribution in [2.75, 3.05) is 0 Å². The van der Waals surface area contributed by atoms with E-state index < -0.39 is 13.3 Å². The third kappa shape index (κ3) is 4.11. The van der Waals surface area contributed by atoms with E-state index in [1.165, 1.54) is 21.1 Å². The first-order valence-corrected chi connectivity index (χ1v) is 15.5. The Bertz CT molecular complexity index is 771. The van der Waals surface area contributed by atoms with Crippen LogP contribution in [0.4, 0.5) is 0 Å². The van der Waals surface area contributed by atoms with Gasteiger partial charge in [-0.25, -0.2) is 0 Å². The molecule has 0 atom stereocenters. The van der Waals surface area contributed by atoms with E-state index in [1.54, 1.807) is 0 Å². The van der Waals surface area contributed by atoms with Gasteiger partial charge in [-0.3, -0.25) is 0 Å². The predicted octanol–water partition coefficient (Wildman–Crippen LogP) is 4.88. The zero-order valence-corrected chi connectivity index (χ0v) is 16.2. The van der Waals surface area contributed by atoms with Crippen LogP contribution in [-0.4, -0.2) is 18.3 Å². The summed E-state index contributed by atoms with van der Waals surface area (Å²) < 4.78 is 1.45. The molecule has 0 radical (unpaired) electrons. The molecule has 116 valence electrons. The van der Waals surface area contributed by atoms with E-state index in [0.29, 0.717) is 0 Å². The fourth-order valence-electron chi connectivity index (χ4n) is 2.68. The topological polar surface area (TPSA) is 12.9 Å². The van der Waals surface area contributed by atoms with Crippen LogP contribution < -0.4 is 4.40 Å². The second kappa shape index (κ2) is 6.71. The average molecular weight is 362 g/mol. The molecule has 0 saturated heterocycles. The van der Waals surface area contributed by atoms with Gasteiger partial charge in [0.15, 0.2) is 0 Å². The molecular formula is C21H23GeN. The maximum atomic E-state index is 4.71. The van der Waals surface area contributed by atoms with Gasteiger partial charge in [-0.05, 0) is 0 Å². The Labute approximate surface area is 141 Å². The van der Waals surface area contributed by atoms with E-state index in [9.17, 15) is 0 Å². The van der Waals surface area contributed by atoms with Gasteiger partial charge in [0.25, 0.3) is 0 Å². The first-order chi connectivity index (χ1) is 11.0. The summed E-state index contributed by atoms with van der Waals surface area (Å²) in [6.07, 6.45) is 3.04. The molecule has 0 aliphatic rings. The Balaban J connectivity index is 1.85. The molecule has 1 aromatic heterocycles. The van der Waals surface area contributed by atoms with Gasteiger partial charge in [-0.1, -0.05) is 0 Å². The number of rotatable bonds is 4. The first kappa shape index (κ1) is 16.0. The molecule has 0 spiro atoms. The summed E-state index contributed by atoms with van der Waals surface area (Å²) in [4.78, 5) is 4.71. The minimum atomic E-state index is -1.78. The van der Waals surface area contributed by atoms with Gasteiger partial charge >= 0.3 is 142 Å². The normalized spacial score (nSPS) is 11.4. The fraction of sp³-hybridized carbons (Fsp3) is 0.190. The van der Waals surface area contributed by atoms with Crippen molar-refractivity contribution in [2.24, 2.45) is 0 Å². The van der Waals surface area contributed by atoms with Crippen molar-refractivity contribution in [3.05, 3.63) is 84.1 Å². The number of hydrogen-bond acceptors (Lipinski definition) is 1. The standard InChI is InChI=1S/C21H23GeN/c1-22(2,3)20-12-13-21(23-16-20)19-11-7-10-18(15-19)14-17-8-5-4-6-9-17/h4-13,15-16H,14H2,1-3H3. The Hall–Kier alpha value is -1.87. The van der Waals surface area contributed by atoms with E-state index in [1.807, 2.05) is 0 Å². The van der Waals surface area contributed by atoms with Crippen molar-refractivity contribution in [1.29, 1.82) is 0 Å². The van der Waals surface area contributed by atoms with Crippen LogP contribution in [-0.2, 0) is 6.42 Å². The van der Waals surface area contributed by atoms with Crippen molar-refractivity contribution in [2.45, 2.75) is 23.7 Å². The number of pyridine rings is 1. The van der Waals surface area contributed by atoms with E-state index in [-0.39, 0.29) is 0 Å². The maximum absolute atomic E-state index is 4.71. The molecule has 1 nitrogen and oxygen atoms in total. The number of hydrogen-bond donors (Lipinski definition) is 0. The third-order valence-corrected chi connectivity index (χ3v) is 8.36. The zero-order chi connectivity index (χ0) is 16.3. The van der Waals surface area contributed by atoms with Crippen LogP contribution in [0.3, 0.4) is 0 Å². The van der Waals surface area contributed by atoms with Crippen LogP contribution in [0.25, 0.3) is 11.3 Å². The van der Waals surface area contributed by atoms with Crippen LogP contribution in [0.15, 0.2) is 72.9 Å². The van der Waals surface area contributed by atoms with Crippen molar-refractivity contribution in [3.63, 3.8) is 0 Å². The SMILES string of the molecule is [CH3][Ge]([CH3])([CH3])[c]1ccc(-c2cccc(Cc3ccccc3)c2)nc1. The Kier molecular flexibility index (Phi) is 4.67. The molecule has 1 heterocycles. The van der Waals surface area contributed by atoms with Crippen LogP contribution >= 0.6 is 0 Å². The molecule has 0 aliphatic carbocycles. The molecule has 2 heteroatoms. The third-order valence-electron chi connectivity index (χ3n) is 4.10. The van der Waals surface area contributed by atoms with E-state index in [2.05, 4.69) is 90.2 Å². The number of benzene rings is 2. The van der Waals surface area contributed by atoms with Crippen molar-refractivity contribution in [1.82, 2.24) is 4.98 Å². The van der Waals surface area contributed by atoms with Crippen molar-refractivity contribution in [3.8, 4) is 11.3 Å². The monoisotopic (exact) mass is 363 g/mol. The van der Waals surface area contributed by atoms with Crippen LogP contribution in [0.5, 0.6) is 0 Å². The molecule has 0 unspecified atom stereocenters. The molecule has 0 aliphatic heterocycles. The average Bonchev–Trinajstić information content (AvgIpc) is 2.55. The fourth-order valence-corrected chi connectivity index (χ4v) is 4.85. The first-order valence-electron chi connectivity index (χ1n) is 8.12. The second-order valence-corrected chi connectivity index (χ2v) is 17.7. The quantitative estimate of drug-likeness (QED) is 0.603. The summed E-state index contributed by atoms with van der Waals surface area (Å²) in [5, 5.41) is 0. The van der Waals surface area contributed by atoms with Crippen molar-refractivity contribution < 1.29 is 0 Å². The summed E-state index contributed by atoms with van der Waals surface area (Å²) in [6, 6.07) is 23.8. The Morgan fingerprint density at radius 1 is 0.783 bits per heavy atom. The Morgan fingerprint density at radius 3 is 2.17 bits per heavy atom. The molecule has 23 heavy (non-hydrogen) atoms. The van der Waals surface area contributed by atoms with Gasteiger partial charge in [0.2, 0.25) is 0 Å². The molecule has 0 N–H and O–H groups in total. The van der Waals surface area contributed by atoms with Gasteiger partial charge in [0.1, 0.15) is 0 Å². The van der Waals surface area contributed by atoms with Crippen LogP contribution in [0, 0.1) is 0 Å². The summed E-state index contributed by atoms with van der Waals surface area (Å²) in [5.41, 5.74) is 4.93. The molecule has 0 bridgehead atoms. The molecule has 0 fully saturated rings. The molecule has 3 aromatic rings. The predicted molar refractivity (Wildman–Crippen MR) is 102 cm³/mol. The van der Waals surface area contributed by atoms with Crippen LogP contribution in [0.1, 0.15) is 11.1 Å². The molecule has 3 rings (SSSR count). The minimum absolute atomic E-state index is 0.962. The summed E-state index contributed by atoms with van der Waals surface area (Å²) >= 11 is -1.78. The molecule has 0 saturated carbocycles. The number of nitrogens with zero attached hydrogens (tertiary/aromatic N) is 1. The van der Waals surface area contributed by atoms with Crippen LogP contribution in [0.2, 0.25) is 17.3 Å².